The van der Waals surface area contributed by atoms with Gasteiger partial charge in [0.05, 0.1) is 24.7 Å². The Morgan fingerprint density at radius 2 is 1.96 bits per heavy atom. The molecule has 0 atom stereocenters. The van der Waals surface area contributed by atoms with Gasteiger partial charge >= 0.3 is 0 Å². The van der Waals surface area contributed by atoms with Crippen LogP contribution in [0.2, 0.25) is 0 Å². The summed E-state index contributed by atoms with van der Waals surface area (Å²) in [6, 6.07) is 8.35. The Labute approximate surface area is 143 Å². The lowest BCUT2D eigenvalue weighted by molar-refractivity contribution is 0.182. The van der Waals surface area contributed by atoms with Crippen molar-refractivity contribution in [3.8, 4) is 5.75 Å². The molecule has 0 aliphatic heterocycles. The molecule has 1 fully saturated rings. The number of rotatable bonds is 8. The molecule has 130 valence electrons. The lowest BCUT2D eigenvalue weighted by Gasteiger charge is -2.21. The number of benzene rings is 1. The minimum Gasteiger partial charge on any atom is -0.490 e. The molecule has 1 saturated carbocycles. The first kappa shape index (κ1) is 17.0. The maximum absolute atomic E-state index is 9.33. The molecule has 0 bridgehead atoms. The molecule has 1 aromatic heterocycles. The van der Waals surface area contributed by atoms with Crippen LogP contribution in [0.4, 0.5) is 0 Å². The highest BCUT2D eigenvalue weighted by Gasteiger charge is 2.16. The summed E-state index contributed by atoms with van der Waals surface area (Å²) in [5, 5.41) is 9.33. The number of imidazole rings is 1. The lowest BCUT2D eigenvalue weighted by Crippen LogP contribution is -2.26. The quantitative estimate of drug-likeness (QED) is 0.781. The van der Waals surface area contributed by atoms with Gasteiger partial charge in [0.2, 0.25) is 0 Å². The molecule has 0 amide bonds. The van der Waals surface area contributed by atoms with Crippen LogP contribution in [0, 0.1) is 6.92 Å². The van der Waals surface area contributed by atoms with Gasteiger partial charge in [-0.15, -0.1) is 0 Å². The summed E-state index contributed by atoms with van der Waals surface area (Å²) in [4.78, 5) is 9.66. The second-order valence-corrected chi connectivity index (χ2v) is 6.58. The molecule has 2 aromatic rings. The third-order valence-corrected chi connectivity index (χ3v) is 4.66. The Hall–Kier alpha value is -1.85. The molecular weight excluding hydrogens is 302 g/mol. The number of nitrogens with zero attached hydrogens (tertiary/aromatic N) is 2. The molecule has 1 aliphatic carbocycles. The largest absolute Gasteiger partial charge is 0.490 e. The highest BCUT2D eigenvalue weighted by Crippen LogP contribution is 2.24. The zero-order valence-electron chi connectivity index (χ0n) is 14.4. The maximum Gasteiger partial charge on any atom is 0.119 e. The number of ether oxygens (including phenoxy) is 1. The van der Waals surface area contributed by atoms with Crippen molar-refractivity contribution in [2.24, 2.45) is 0 Å². The molecule has 0 spiro atoms. The van der Waals surface area contributed by atoms with Gasteiger partial charge in [-0.05, 0) is 50.3 Å². The first-order valence-corrected chi connectivity index (χ1v) is 8.82. The summed E-state index contributed by atoms with van der Waals surface area (Å²) < 4.78 is 6.02. The van der Waals surface area contributed by atoms with E-state index in [0.29, 0.717) is 12.6 Å². The molecule has 1 aromatic carbocycles. The van der Waals surface area contributed by atoms with Crippen LogP contribution < -0.4 is 4.74 Å². The van der Waals surface area contributed by atoms with E-state index in [1.165, 1.54) is 31.2 Å². The van der Waals surface area contributed by atoms with Crippen molar-refractivity contribution in [2.45, 2.75) is 51.8 Å². The van der Waals surface area contributed by atoms with E-state index in [1.807, 2.05) is 6.92 Å². The van der Waals surface area contributed by atoms with Gasteiger partial charge in [0.25, 0.3) is 0 Å². The number of aromatic amines is 1. The number of nitrogens with one attached hydrogen (secondary N) is 1. The Kier molecular flexibility index (Phi) is 5.88. The van der Waals surface area contributed by atoms with Crippen LogP contribution in [0.25, 0.3) is 0 Å². The summed E-state index contributed by atoms with van der Waals surface area (Å²) in [7, 11) is 0. The van der Waals surface area contributed by atoms with E-state index in [-0.39, 0.29) is 6.61 Å². The normalized spacial score (nSPS) is 15.3. The number of hydrogen-bond acceptors (Lipinski definition) is 4. The zero-order chi connectivity index (χ0) is 16.8. The van der Waals surface area contributed by atoms with Gasteiger partial charge in [-0.2, -0.15) is 0 Å². The molecule has 5 nitrogen and oxygen atoms in total. The van der Waals surface area contributed by atoms with Gasteiger partial charge in [0, 0.05) is 25.3 Å². The highest BCUT2D eigenvalue weighted by atomic mass is 16.5. The van der Waals surface area contributed by atoms with Crippen molar-refractivity contribution >= 4 is 0 Å². The van der Waals surface area contributed by atoms with Crippen LogP contribution >= 0.6 is 0 Å². The minimum absolute atomic E-state index is 0.145. The summed E-state index contributed by atoms with van der Waals surface area (Å²) in [6.07, 6.45) is 7.03. The van der Waals surface area contributed by atoms with E-state index in [0.717, 1.165) is 30.2 Å². The van der Waals surface area contributed by atoms with Crippen LogP contribution in [-0.4, -0.2) is 39.2 Å². The van der Waals surface area contributed by atoms with Gasteiger partial charge in [0.1, 0.15) is 5.75 Å². The Morgan fingerprint density at radius 1 is 1.21 bits per heavy atom. The molecule has 1 heterocycles. The Bertz CT molecular complexity index is 618. The maximum atomic E-state index is 9.33. The number of hydrogen-bond donors (Lipinski definition) is 2. The minimum atomic E-state index is 0.145. The number of H-pyrrole nitrogens is 1. The SMILES string of the molecule is Cc1[nH]cnc1CN(CCO)Cc1ccc(OC2CCCC2)cc1. The van der Waals surface area contributed by atoms with Crippen molar-refractivity contribution < 1.29 is 9.84 Å². The molecule has 1 aliphatic rings. The van der Waals surface area contributed by atoms with E-state index in [2.05, 4.69) is 39.1 Å². The third-order valence-electron chi connectivity index (χ3n) is 4.66. The molecule has 24 heavy (non-hydrogen) atoms. The monoisotopic (exact) mass is 329 g/mol. The van der Waals surface area contributed by atoms with Gasteiger partial charge in [0.15, 0.2) is 0 Å². The number of aliphatic hydroxyl groups excluding tert-OH is 1. The predicted octanol–water partition coefficient (Wildman–Crippen LogP) is 3.03. The summed E-state index contributed by atoms with van der Waals surface area (Å²) in [5.74, 6) is 0.961. The molecule has 3 rings (SSSR count). The van der Waals surface area contributed by atoms with Gasteiger partial charge in [-0.25, -0.2) is 4.98 Å². The van der Waals surface area contributed by atoms with Crippen LogP contribution in [0.3, 0.4) is 0 Å². The zero-order valence-corrected chi connectivity index (χ0v) is 14.4. The number of aromatic nitrogens is 2. The fourth-order valence-electron chi connectivity index (χ4n) is 3.24. The summed E-state index contributed by atoms with van der Waals surface area (Å²) in [6.45, 7) is 4.32. The summed E-state index contributed by atoms with van der Waals surface area (Å²) in [5.41, 5.74) is 3.33. The molecule has 2 N–H and O–H groups in total. The van der Waals surface area contributed by atoms with E-state index in [1.54, 1.807) is 6.33 Å². The Morgan fingerprint density at radius 3 is 2.58 bits per heavy atom. The second-order valence-electron chi connectivity index (χ2n) is 6.58. The Balaban J connectivity index is 1.58. The van der Waals surface area contributed by atoms with Gasteiger partial charge < -0.3 is 14.8 Å². The number of aliphatic hydroxyl groups is 1. The van der Waals surface area contributed by atoms with Crippen LogP contribution in [0.15, 0.2) is 30.6 Å². The lowest BCUT2D eigenvalue weighted by atomic mass is 10.2. The smallest absolute Gasteiger partial charge is 0.119 e. The third kappa shape index (κ3) is 4.58. The van der Waals surface area contributed by atoms with E-state index in [9.17, 15) is 5.11 Å². The van der Waals surface area contributed by atoms with Crippen LogP contribution in [-0.2, 0) is 13.1 Å². The first-order chi connectivity index (χ1) is 11.7. The fraction of sp³-hybridized carbons (Fsp3) is 0.526. The predicted molar refractivity (Wildman–Crippen MR) is 93.9 cm³/mol. The first-order valence-electron chi connectivity index (χ1n) is 8.82. The molecular formula is C19H27N3O2. The van der Waals surface area contributed by atoms with Gasteiger partial charge in [-0.1, -0.05) is 12.1 Å². The van der Waals surface area contributed by atoms with Crippen LogP contribution in [0.5, 0.6) is 5.75 Å². The average molecular weight is 329 g/mol. The average Bonchev–Trinajstić information content (AvgIpc) is 3.22. The van der Waals surface area contributed by atoms with Crippen molar-refractivity contribution in [1.29, 1.82) is 0 Å². The van der Waals surface area contributed by atoms with E-state index in [4.69, 9.17) is 4.74 Å². The van der Waals surface area contributed by atoms with Crippen LogP contribution in [0.1, 0.15) is 42.6 Å². The van der Waals surface area contributed by atoms with Crippen molar-refractivity contribution in [2.75, 3.05) is 13.2 Å². The molecule has 5 heteroatoms. The van der Waals surface area contributed by atoms with Gasteiger partial charge in [-0.3, -0.25) is 4.90 Å². The highest BCUT2D eigenvalue weighted by molar-refractivity contribution is 5.27. The second kappa shape index (κ2) is 8.31. The van der Waals surface area contributed by atoms with E-state index < -0.39 is 0 Å². The fourth-order valence-corrected chi connectivity index (χ4v) is 3.24. The molecule has 0 unspecified atom stereocenters. The molecule has 0 saturated heterocycles. The topological polar surface area (TPSA) is 61.4 Å². The van der Waals surface area contributed by atoms with Crippen molar-refractivity contribution in [3.63, 3.8) is 0 Å². The molecule has 0 radical (unpaired) electrons. The summed E-state index contributed by atoms with van der Waals surface area (Å²) >= 11 is 0. The number of aryl methyl sites for hydroxylation is 1. The van der Waals surface area contributed by atoms with E-state index >= 15 is 0 Å². The standard InChI is InChI=1S/C19H27N3O2/c1-15-19(21-14-20-15)13-22(10-11-23)12-16-6-8-18(9-7-16)24-17-4-2-3-5-17/h6-9,14,17,23H,2-5,10-13H2,1H3,(H,20,21). The van der Waals surface area contributed by atoms with Crippen molar-refractivity contribution in [3.05, 3.63) is 47.5 Å². The van der Waals surface area contributed by atoms with Crippen molar-refractivity contribution in [1.82, 2.24) is 14.9 Å².